The van der Waals surface area contributed by atoms with Gasteiger partial charge in [0, 0.05) is 49.5 Å². The lowest BCUT2D eigenvalue weighted by atomic mass is 9.91. The number of pyridine rings is 1. The SMILES string of the molecule is O=C(CCc1nc(-c2ccncc2)no1)N1[C@@H]2CC[C@H]1CC(CO)C2. The zero-order chi connectivity index (χ0) is 17.2. The van der Waals surface area contributed by atoms with Gasteiger partial charge in [0.05, 0.1) is 0 Å². The Morgan fingerprint density at radius 1 is 1.24 bits per heavy atom. The number of hydrogen-bond acceptors (Lipinski definition) is 6. The molecular weight excluding hydrogens is 320 g/mol. The zero-order valence-corrected chi connectivity index (χ0v) is 14.0. The molecule has 2 saturated heterocycles. The van der Waals surface area contributed by atoms with Crippen LogP contribution in [-0.2, 0) is 11.2 Å². The Kier molecular flexibility index (Phi) is 4.48. The van der Waals surface area contributed by atoms with Gasteiger partial charge in [-0.1, -0.05) is 5.16 Å². The lowest BCUT2D eigenvalue weighted by Crippen LogP contribution is -2.47. The number of hydrogen-bond donors (Lipinski definition) is 1. The molecule has 3 atom stereocenters. The van der Waals surface area contributed by atoms with E-state index < -0.39 is 0 Å². The van der Waals surface area contributed by atoms with Gasteiger partial charge in [0.25, 0.3) is 0 Å². The minimum atomic E-state index is 0.160. The lowest BCUT2D eigenvalue weighted by molar-refractivity contribution is -0.136. The van der Waals surface area contributed by atoms with E-state index in [4.69, 9.17) is 4.52 Å². The molecule has 1 unspecified atom stereocenters. The monoisotopic (exact) mass is 342 g/mol. The number of rotatable bonds is 5. The second-order valence-corrected chi connectivity index (χ2v) is 6.95. The Balaban J connectivity index is 1.36. The highest BCUT2D eigenvalue weighted by Gasteiger charge is 2.42. The maximum Gasteiger partial charge on any atom is 0.227 e. The number of aromatic nitrogens is 3. The molecule has 132 valence electrons. The number of fused-ring (bicyclic) bond motifs is 2. The molecule has 2 aromatic heterocycles. The van der Waals surface area contributed by atoms with Gasteiger partial charge in [0.2, 0.25) is 17.6 Å². The number of aliphatic hydroxyl groups excluding tert-OH is 1. The smallest absolute Gasteiger partial charge is 0.227 e. The van der Waals surface area contributed by atoms with Crippen molar-refractivity contribution in [1.82, 2.24) is 20.0 Å². The molecule has 0 radical (unpaired) electrons. The van der Waals surface area contributed by atoms with Crippen LogP contribution >= 0.6 is 0 Å². The van der Waals surface area contributed by atoms with E-state index in [1.165, 1.54) is 0 Å². The van der Waals surface area contributed by atoms with Crippen LogP contribution in [0.2, 0.25) is 0 Å². The van der Waals surface area contributed by atoms with Crippen molar-refractivity contribution in [2.45, 2.75) is 50.6 Å². The highest BCUT2D eigenvalue weighted by molar-refractivity contribution is 5.77. The van der Waals surface area contributed by atoms with Gasteiger partial charge in [-0.05, 0) is 43.7 Å². The van der Waals surface area contributed by atoms with Crippen LogP contribution in [0, 0.1) is 5.92 Å². The van der Waals surface area contributed by atoms with Crippen molar-refractivity contribution in [3.05, 3.63) is 30.4 Å². The molecule has 4 rings (SSSR count). The van der Waals surface area contributed by atoms with Crippen molar-refractivity contribution in [3.63, 3.8) is 0 Å². The summed E-state index contributed by atoms with van der Waals surface area (Å²) in [5.41, 5.74) is 0.848. The van der Waals surface area contributed by atoms with Gasteiger partial charge in [-0.3, -0.25) is 9.78 Å². The Morgan fingerprint density at radius 3 is 2.64 bits per heavy atom. The minimum Gasteiger partial charge on any atom is -0.396 e. The third kappa shape index (κ3) is 3.28. The van der Waals surface area contributed by atoms with Gasteiger partial charge >= 0.3 is 0 Å². The van der Waals surface area contributed by atoms with E-state index in [0.717, 1.165) is 31.2 Å². The molecular formula is C18H22N4O3. The third-order valence-corrected chi connectivity index (χ3v) is 5.34. The van der Waals surface area contributed by atoms with Crippen molar-refractivity contribution in [2.75, 3.05) is 6.61 Å². The molecule has 1 N–H and O–H groups in total. The summed E-state index contributed by atoms with van der Waals surface area (Å²) in [7, 11) is 0. The first-order valence-corrected chi connectivity index (χ1v) is 8.89. The predicted molar refractivity (Wildman–Crippen MR) is 89.3 cm³/mol. The summed E-state index contributed by atoms with van der Waals surface area (Å²) >= 11 is 0. The van der Waals surface area contributed by atoms with Crippen LogP contribution < -0.4 is 0 Å². The van der Waals surface area contributed by atoms with Gasteiger partial charge in [0.1, 0.15) is 0 Å². The highest BCUT2D eigenvalue weighted by atomic mass is 16.5. The standard InChI is InChI=1S/C18H22N4O3/c23-11-12-9-14-1-2-15(10-12)22(14)17(24)4-3-16-20-18(21-25-16)13-5-7-19-8-6-13/h5-8,12,14-15,23H,1-4,9-11H2/t12?,14-,15+. The number of nitrogens with zero attached hydrogens (tertiary/aromatic N) is 4. The zero-order valence-electron chi connectivity index (χ0n) is 14.0. The van der Waals surface area contributed by atoms with Gasteiger partial charge in [0.15, 0.2) is 0 Å². The maximum atomic E-state index is 12.7. The van der Waals surface area contributed by atoms with Crippen LogP contribution in [-0.4, -0.2) is 49.7 Å². The Morgan fingerprint density at radius 2 is 1.96 bits per heavy atom. The second-order valence-electron chi connectivity index (χ2n) is 6.95. The molecule has 2 fully saturated rings. The molecule has 0 spiro atoms. The van der Waals surface area contributed by atoms with E-state index in [1.54, 1.807) is 12.4 Å². The molecule has 4 heterocycles. The van der Waals surface area contributed by atoms with Crippen molar-refractivity contribution in [3.8, 4) is 11.4 Å². The largest absolute Gasteiger partial charge is 0.396 e. The number of carbonyl (C=O) groups excluding carboxylic acids is 1. The van der Waals surface area contributed by atoms with Gasteiger partial charge in [-0.25, -0.2) is 0 Å². The molecule has 7 heteroatoms. The summed E-state index contributed by atoms with van der Waals surface area (Å²) < 4.78 is 5.28. The van der Waals surface area contributed by atoms with E-state index in [-0.39, 0.29) is 12.5 Å². The normalized spacial score (nSPS) is 25.3. The van der Waals surface area contributed by atoms with Crippen molar-refractivity contribution in [1.29, 1.82) is 0 Å². The fourth-order valence-corrected chi connectivity index (χ4v) is 4.16. The maximum absolute atomic E-state index is 12.7. The Bertz CT molecular complexity index is 719. The van der Waals surface area contributed by atoms with Gasteiger partial charge in [-0.2, -0.15) is 4.98 Å². The van der Waals surface area contributed by atoms with Crippen molar-refractivity contribution >= 4 is 5.91 Å². The van der Waals surface area contributed by atoms with Gasteiger partial charge < -0.3 is 14.5 Å². The molecule has 2 aliphatic rings. The van der Waals surface area contributed by atoms with E-state index >= 15 is 0 Å². The summed E-state index contributed by atoms with van der Waals surface area (Å²) in [4.78, 5) is 23.1. The van der Waals surface area contributed by atoms with E-state index in [9.17, 15) is 9.90 Å². The van der Waals surface area contributed by atoms with E-state index in [0.29, 0.717) is 42.6 Å². The van der Waals surface area contributed by atoms with Crippen LogP contribution in [0.1, 0.15) is 38.0 Å². The first kappa shape index (κ1) is 16.2. The average molecular weight is 342 g/mol. The fraction of sp³-hybridized carbons (Fsp3) is 0.556. The van der Waals surface area contributed by atoms with Gasteiger partial charge in [-0.15, -0.1) is 0 Å². The first-order chi connectivity index (χ1) is 12.2. The van der Waals surface area contributed by atoms with Crippen LogP contribution in [0.3, 0.4) is 0 Å². The third-order valence-electron chi connectivity index (χ3n) is 5.34. The highest BCUT2D eigenvalue weighted by Crippen LogP contribution is 2.38. The molecule has 1 amide bonds. The fourth-order valence-electron chi connectivity index (χ4n) is 4.16. The van der Waals surface area contributed by atoms with Crippen LogP contribution in [0.5, 0.6) is 0 Å². The summed E-state index contributed by atoms with van der Waals surface area (Å²) in [5, 5.41) is 13.4. The Hall–Kier alpha value is -2.28. The summed E-state index contributed by atoms with van der Waals surface area (Å²) in [6.07, 6.45) is 8.16. The van der Waals surface area contributed by atoms with E-state index in [1.807, 2.05) is 17.0 Å². The predicted octanol–water partition coefficient (Wildman–Crippen LogP) is 1.83. The molecule has 0 saturated carbocycles. The van der Waals surface area contributed by atoms with E-state index in [2.05, 4.69) is 15.1 Å². The quantitative estimate of drug-likeness (QED) is 0.891. The average Bonchev–Trinajstić information content (AvgIpc) is 3.23. The summed E-state index contributed by atoms with van der Waals surface area (Å²) in [6, 6.07) is 4.22. The molecule has 25 heavy (non-hydrogen) atoms. The Labute approximate surface area is 146 Å². The van der Waals surface area contributed by atoms with Crippen LogP contribution in [0.15, 0.2) is 29.0 Å². The van der Waals surface area contributed by atoms with Crippen LogP contribution in [0.4, 0.5) is 0 Å². The lowest BCUT2D eigenvalue weighted by Gasteiger charge is -2.38. The van der Waals surface area contributed by atoms with Crippen molar-refractivity contribution < 1.29 is 14.4 Å². The summed E-state index contributed by atoms with van der Waals surface area (Å²) in [6.45, 7) is 0.231. The summed E-state index contributed by atoms with van der Waals surface area (Å²) in [5.74, 6) is 1.51. The molecule has 2 aromatic rings. The number of carbonyl (C=O) groups is 1. The molecule has 0 aliphatic carbocycles. The molecule has 0 aromatic carbocycles. The number of piperidine rings is 1. The van der Waals surface area contributed by atoms with Crippen molar-refractivity contribution in [2.24, 2.45) is 5.92 Å². The number of aryl methyl sites for hydroxylation is 1. The topological polar surface area (TPSA) is 92.3 Å². The van der Waals surface area contributed by atoms with Crippen LogP contribution in [0.25, 0.3) is 11.4 Å². The molecule has 2 bridgehead atoms. The number of aliphatic hydroxyl groups is 1. The molecule has 7 nitrogen and oxygen atoms in total. The minimum absolute atomic E-state index is 0.160. The second kappa shape index (κ2) is 6.92. The number of amides is 1. The first-order valence-electron chi connectivity index (χ1n) is 8.89. The molecule has 2 aliphatic heterocycles.